The normalized spacial score (nSPS) is 17.9. The Labute approximate surface area is 188 Å². The maximum atomic E-state index is 5.79. The van der Waals surface area contributed by atoms with Gasteiger partial charge in [-0.1, -0.05) is 6.07 Å². The Kier molecular flexibility index (Phi) is 5.81. The number of methoxy groups -OCH3 is 1. The Bertz CT molecular complexity index is 1090. The fourth-order valence-electron chi connectivity index (χ4n) is 4.42. The van der Waals surface area contributed by atoms with E-state index in [1.165, 1.54) is 0 Å². The zero-order valence-corrected chi connectivity index (χ0v) is 18.5. The van der Waals surface area contributed by atoms with Crippen LogP contribution in [0.15, 0.2) is 48.8 Å². The van der Waals surface area contributed by atoms with Crippen molar-refractivity contribution in [3.63, 3.8) is 0 Å². The molecule has 1 N–H and O–H groups in total. The van der Waals surface area contributed by atoms with Gasteiger partial charge in [-0.15, -0.1) is 0 Å². The van der Waals surface area contributed by atoms with Crippen molar-refractivity contribution in [2.75, 3.05) is 32.2 Å². The average molecular weight is 433 g/mol. The largest absolute Gasteiger partial charge is 0.496 e. The van der Waals surface area contributed by atoms with Gasteiger partial charge >= 0.3 is 0 Å². The predicted octanol–water partition coefficient (Wildman–Crippen LogP) is 4.65. The summed E-state index contributed by atoms with van der Waals surface area (Å²) in [6, 6.07) is 12.4. The number of benzene rings is 1. The summed E-state index contributed by atoms with van der Waals surface area (Å²) in [5, 5.41) is 3.36. The number of pyridine rings is 2. The van der Waals surface area contributed by atoms with Gasteiger partial charge in [-0.3, -0.25) is 9.88 Å². The molecule has 0 unspecified atom stereocenters. The highest BCUT2D eigenvalue weighted by atomic mass is 16.6. The van der Waals surface area contributed by atoms with Crippen LogP contribution in [0.4, 0.5) is 11.5 Å². The van der Waals surface area contributed by atoms with Crippen molar-refractivity contribution < 1.29 is 14.2 Å². The smallest absolute Gasteiger partial charge is 0.165 e. The van der Waals surface area contributed by atoms with Crippen LogP contribution in [0, 0.1) is 6.92 Å². The lowest BCUT2D eigenvalue weighted by Gasteiger charge is -2.26. The molecule has 1 atom stereocenters. The molecule has 5 rings (SSSR count). The molecule has 4 heterocycles. The van der Waals surface area contributed by atoms with Crippen LogP contribution < -0.4 is 19.5 Å². The van der Waals surface area contributed by atoms with E-state index in [2.05, 4.69) is 33.4 Å². The SMILES string of the molecule is COc1cc2c(cc1CN1CCC[C@@H]1c1ccc(Nc3ncccc3C)cn1)OCCO2. The second kappa shape index (κ2) is 9.04. The average Bonchev–Trinajstić information content (AvgIpc) is 3.29. The number of nitrogens with one attached hydrogen (secondary N) is 1. The molecule has 7 heteroatoms. The van der Waals surface area contributed by atoms with Crippen molar-refractivity contribution in [2.45, 2.75) is 32.4 Å². The summed E-state index contributed by atoms with van der Waals surface area (Å²) in [6.07, 6.45) is 5.92. The first-order chi connectivity index (χ1) is 15.7. The van der Waals surface area contributed by atoms with E-state index in [-0.39, 0.29) is 6.04 Å². The summed E-state index contributed by atoms with van der Waals surface area (Å²) in [5.74, 6) is 3.23. The molecular weight excluding hydrogens is 404 g/mol. The molecule has 3 aromatic rings. The van der Waals surface area contributed by atoms with Gasteiger partial charge in [0.25, 0.3) is 0 Å². The molecule has 1 fully saturated rings. The van der Waals surface area contributed by atoms with E-state index in [0.29, 0.717) is 13.2 Å². The molecule has 0 bridgehead atoms. The van der Waals surface area contributed by atoms with Gasteiger partial charge in [0.2, 0.25) is 0 Å². The molecule has 32 heavy (non-hydrogen) atoms. The predicted molar refractivity (Wildman–Crippen MR) is 123 cm³/mol. The molecule has 0 aliphatic carbocycles. The number of nitrogens with zero attached hydrogens (tertiary/aromatic N) is 3. The minimum Gasteiger partial charge on any atom is -0.496 e. The molecule has 2 aliphatic rings. The van der Waals surface area contributed by atoms with Crippen molar-refractivity contribution in [1.29, 1.82) is 0 Å². The molecule has 0 spiro atoms. The van der Waals surface area contributed by atoms with Gasteiger partial charge in [0.15, 0.2) is 11.5 Å². The van der Waals surface area contributed by atoms with Crippen LogP contribution in [0.5, 0.6) is 17.2 Å². The number of rotatable bonds is 6. The number of fused-ring (bicyclic) bond motifs is 1. The van der Waals surface area contributed by atoms with Gasteiger partial charge < -0.3 is 19.5 Å². The fourth-order valence-corrected chi connectivity index (χ4v) is 4.42. The Morgan fingerprint density at radius 2 is 1.97 bits per heavy atom. The van der Waals surface area contributed by atoms with Crippen LogP contribution in [0.2, 0.25) is 0 Å². The first-order valence-corrected chi connectivity index (χ1v) is 11.1. The zero-order chi connectivity index (χ0) is 21.9. The summed E-state index contributed by atoms with van der Waals surface area (Å²) in [4.78, 5) is 11.6. The quantitative estimate of drug-likeness (QED) is 0.608. The summed E-state index contributed by atoms with van der Waals surface area (Å²) in [5.41, 5.74) is 4.23. The number of likely N-dealkylation sites (tertiary alicyclic amines) is 1. The first kappa shape index (κ1) is 20.6. The number of anilines is 2. The van der Waals surface area contributed by atoms with Crippen molar-refractivity contribution in [1.82, 2.24) is 14.9 Å². The lowest BCUT2D eigenvalue weighted by atomic mass is 10.1. The van der Waals surface area contributed by atoms with Crippen LogP contribution in [-0.4, -0.2) is 41.7 Å². The van der Waals surface area contributed by atoms with Gasteiger partial charge in [-0.05, 0) is 56.1 Å². The summed E-state index contributed by atoms with van der Waals surface area (Å²) in [6.45, 7) is 4.99. The lowest BCUT2D eigenvalue weighted by Crippen LogP contribution is -2.24. The van der Waals surface area contributed by atoms with E-state index in [4.69, 9.17) is 19.2 Å². The zero-order valence-electron chi connectivity index (χ0n) is 18.5. The fraction of sp³-hybridized carbons (Fsp3) is 0.360. The van der Waals surface area contributed by atoms with Crippen molar-refractivity contribution in [3.8, 4) is 17.2 Å². The highest BCUT2D eigenvalue weighted by molar-refractivity contribution is 5.58. The molecule has 2 aromatic heterocycles. The van der Waals surface area contributed by atoms with Crippen LogP contribution >= 0.6 is 0 Å². The minimum absolute atomic E-state index is 0.276. The third-order valence-electron chi connectivity index (χ3n) is 6.08. The monoisotopic (exact) mass is 432 g/mol. The third kappa shape index (κ3) is 4.21. The van der Waals surface area contributed by atoms with E-state index < -0.39 is 0 Å². The summed E-state index contributed by atoms with van der Waals surface area (Å²) < 4.78 is 17.1. The third-order valence-corrected chi connectivity index (χ3v) is 6.08. The Hall–Kier alpha value is -3.32. The Morgan fingerprint density at radius 3 is 2.72 bits per heavy atom. The number of ether oxygens (including phenoxy) is 3. The lowest BCUT2D eigenvalue weighted by molar-refractivity contribution is 0.169. The molecule has 1 aromatic carbocycles. The van der Waals surface area contributed by atoms with Crippen molar-refractivity contribution in [3.05, 3.63) is 65.6 Å². The van der Waals surface area contributed by atoms with Crippen molar-refractivity contribution in [2.24, 2.45) is 0 Å². The molecule has 1 saturated heterocycles. The molecule has 0 radical (unpaired) electrons. The standard InChI is InChI=1S/C25H28N4O3/c1-17-5-3-9-26-25(17)28-19-7-8-20(27-15-19)21-6-4-10-29(21)16-18-13-23-24(14-22(18)30-2)32-12-11-31-23/h3,5,7-9,13-15,21H,4,6,10-12,16H2,1-2H3,(H,26,28)/t21-/m1/s1. The molecule has 166 valence electrons. The van der Waals surface area contributed by atoms with Gasteiger partial charge in [0.1, 0.15) is 24.8 Å². The van der Waals surface area contributed by atoms with E-state index in [9.17, 15) is 0 Å². The molecule has 0 saturated carbocycles. The van der Waals surface area contributed by atoms with Crippen LogP contribution in [0.3, 0.4) is 0 Å². The summed E-state index contributed by atoms with van der Waals surface area (Å²) >= 11 is 0. The first-order valence-electron chi connectivity index (χ1n) is 11.1. The van der Waals surface area contributed by atoms with Gasteiger partial charge in [0.05, 0.1) is 30.7 Å². The second-order valence-corrected chi connectivity index (χ2v) is 8.20. The van der Waals surface area contributed by atoms with Gasteiger partial charge in [-0.25, -0.2) is 4.98 Å². The molecular formula is C25H28N4O3. The van der Waals surface area contributed by atoms with Gasteiger partial charge in [-0.2, -0.15) is 0 Å². The highest BCUT2D eigenvalue weighted by Crippen LogP contribution is 2.39. The number of aryl methyl sites for hydroxylation is 1. The number of aromatic nitrogens is 2. The number of hydrogen-bond donors (Lipinski definition) is 1. The topological polar surface area (TPSA) is 68.7 Å². The van der Waals surface area contributed by atoms with Crippen LogP contribution in [0.25, 0.3) is 0 Å². The molecule has 0 amide bonds. The number of hydrogen-bond acceptors (Lipinski definition) is 7. The maximum absolute atomic E-state index is 5.79. The van der Waals surface area contributed by atoms with E-state index >= 15 is 0 Å². The van der Waals surface area contributed by atoms with E-state index in [0.717, 1.165) is 71.5 Å². The van der Waals surface area contributed by atoms with E-state index in [1.54, 1.807) is 13.3 Å². The highest BCUT2D eigenvalue weighted by Gasteiger charge is 2.28. The molecule has 2 aliphatic heterocycles. The second-order valence-electron chi connectivity index (χ2n) is 8.20. The Morgan fingerprint density at radius 1 is 1.12 bits per heavy atom. The van der Waals surface area contributed by atoms with Gasteiger partial charge in [0, 0.05) is 24.4 Å². The maximum Gasteiger partial charge on any atom is 0.165 e. The minimum atomic E-state index is 0.276. The van der Waals surface area contributed by atoms with Crippen molar-refractivity contribution >= 4 is 11.5 Å². The molecule has 7 nitrogen and oxygen atoms in total. The Balaban J connectivity index is 1.32. The van der Waals surface area contributed by atoms with E-state index in [1.807, 2.05) is 31.3 Å². The summed E-state index contributed by atoms with van der Waals surface area (Å²) in [7, 11) is 1.70. The van der Waals surface area contributed by atoms with Crippen LogP contribution in [-0.2, 0) is 6.54 Å². The van der Waals surface area contributed by atoms with Crippen LogP contribution in [0.1, 0.15) is 35.7 Å².